The first kappa shape index (κ1) is 18.6. The minimum Gasteiger partial charge on any atom is -0.327 e. The number of nitrogens with zero attached hydrogens (tertiary/aromatic N) is 1. The van der Waals surface area contributed by atoms with E-state index >= 15 is 0 Å². The molecule has 7 heteroatoms. The van der Waals surface area contributed by atoms with E-state index in [1.54, 1.807) is 24.0 Å². The van der Waals surface area contributed by atoms with Crippen molar-refractivity contribution in [1.29, 1.82) is 0 Å². The first-order valence-corrected chi connectivity index (χ1v) is 8.80. The van der Waals surface area contributed by atoms with E-state index < -0.39 is 15.7 Å². The SMILES string of the molecule is Cc1ccc([C@@H](NC(=O)N2CCCCCC2)C(Cl)(Cl)Cl)cc1F. The minimum absolute atomic E-state index is 0.288. The average Bonchev–Trinajstić information content (AvgIpc) is 2.75. The number of rotatable bonds is 2. The van der Waals surface area contributed by atoms with E-state index in [1.807, 2.05) is 0 Å². The maximum atomic E-state index is 13.8. The lowest BCUT2D eigenvalue weighted by Gasteiger charge is -2.29. The molecule has 1 aliphatic rings. The van der Waals surface area contributed by atoms with E-state index in [9.17, 15) is 9.18 Å². The van der Waals surface area contributed by atoms with Crippen molar-refractivity contribution >= 4 is 40.8 Å². The molecule has 1 N–H and O–H groups in total. The fraction of sp³-hybridized carbons (Fsp3) is 0.562. The van der Waals surface area contributed by atoms with Gasteiger partial charge in [-0.3, -0.25) is 0 Å². The van der Waals surface area contributed by atoms with Crippen LogP contribution in [0.5, 0.6) is 0 Å². The highest BCUT2D eigenvalue weighted by molar-refractivity contribution is 6.68. The molecule has 1 saturated heterocycles. The van der Waals surface area contributed by atoms with Crippen molar-refractivity contribution in [3.8, 4) is 0 Å². The monoisotopic (exact) mass is 380 g/mol. The molecule has 1 atom stereocenters. The maximum absolute atomic E-state index is 13.8. The summed E-state index contributed by atoms with van der Waals surface area (Å²) in [6.07, 6.45) is 4.15. The number of hydrogen-bond donors (Lipinski definition) is 1. The van der Waals surface area contributed by atoms with Crippen LogP contribution in [0.15, 0.2) is 18.2 Å². The Morgan fingerprint density at radius 1 is 1.22 bits per heavy atom. The standard InChI is InChI=1S/C16H20Cl3FN2O/c1-11-6-7-12(10-13(11)20)14(16(17,18)19)21-15(23)22-8-4-2-3-5-9-22/h6-7,10,14H,2-5,8-9H2,1H3,(H,21,23)/t14-/m1/s1. The number of nitrogens with one attached hydrogen (secondary N) is 1. The molecule has 0 aromatic heterocycles. The van der Waals surface area contributed by atoms with Gasteiger partial charge in [0.15, 0.2) is 0 Å². The smallest absolute Gasteiger partial charge is 0.318 e. The van der Waals surface area contributed by atoms with Gasteiger partial charge < -0.3 is 10.2 Å². The molecular formula is C16H20Cl3FN2O. The summed E-state index contributed by atoms with van der Waals surface area (Å²) in [6, 6.07) is 3.35. The van der Waals surface area contributed by atoms with Crippen LogP contribution in [-0.4, -0.2) is 27.8 Å². The van der Waals surface area contributed by atoms with Gasteiger partial charge in [-0.15, -0.1) is 0 Å². The minimum atomic E-state index is -1.77. The molecule has 0 saturated carbocycles. The van der Waals surface area contributed by atoms with Crippen molar-refractivity contribution < 1.29 is 9.18 Å². The lowest BCUT2D eigenvalue weighted by molar-refractivity contribution is 0.195. The summed E-state index contributed by atoms with van der Waals surface area (Å²) in [4.78, 5) is 14.2. The second-order valence-electron chi connectivity index (χ2n) is 5.83. The van der Waals surface area contributed by atoms with Gasteiger partial charge in [-0.2, -0.15) is 0 Å². The zero-order valence-electron chi connectivity index (χ0n) is 12.9. The lowest BCUT2D eigenvalue weighted by atomic mass is 10.1. The van der Waals surface area contributed by atoms with Crippen LogP contribution in [0.2, 0.25) is 0 Å². The van der Waals surface area contributed by atoms with E-state index in [2.05, 4.69) is 5.32 Å². The maximum Gasteiger partial charge on any atom is 0.318 e. The number of halogens is 4. The van der Waals surface area contributed by atoms with E-state index in [-0.39, 0.29) is 6.03 Å². The van der Waals surface area contributed by atoms with Gasteiger partial charge in [0.1, 0.15) is 11.9 Å². The third kappa shape index (κ3) is 5.13. The number of carbonyl (C=O) groups excluding carboxylic acids is 1. The summed E-state index contributed by atoms with van der Waals surface area (Å²) in [5.74, 6) is -0.397. The number of urea groups is 1. The van der Waals surface area contributed by atoms with Gasteiger partial charge in [-0.1, -0.05) is 59.8 Å². The summed E-state index contributed by atoms with van der Waals surface area (Å²) < 4.78 is 12.0. The van der Waals surface area contributed by atoms with E-state index in [0.29, 0.717) is 24.2 Å². The second-order valence-corrected chi connectivity index (χ2v) is 8.20. The second kappa shape index (κ2) is 7.91. The largest absolute Gasteiger partial charge is 0.327 e. The fourth-order valence-corrected chi connectivity index (χ4v) is 3.17. The topological polar surface area (TPSA) is 32.3 Å². The Labute approximate surface area is 151 Å². The summed E-state index contributed by atoms with van der Waals surface area (Å²) in [7, 11) is 0. The summed E-state index contributed by atoms with van der Waals surface area (Å²) in [6.45, 7) is 3.01. The Balaban J connectivity index is 2.18. The molecule has 1 fully saturated rings. The molecule has 0 unspecified atom stereocenters. The van der Waals surface area contributed by atoms with Crippen LogP contribution in [0, 0.1) is 12.7 Å². The fourth-order valence-electron chi connectivity index (χ4n) is 2.63. The molecule has 0 radical (unpaired) electrons. The van der Waals surface area contributed by atoms with E-state index in [1.165, 1.54) is 6.07 Å². The summed E-state index contributed by atoms with van der Waals surface area (Å²) in [5.41, 5.74) is 0.923. The van der Waals surface area contributed by atoms with Crippen molar-refractivity contribution in [2.75, 3.05) is 13.1 Å². The molecule has 2 amide bonds. The summed E-state index contributed by atoms with van der Waals surface area (Å²) in [5, 5.41) is 2.74. The molecule has 1 aromatic carbocycles. The number of benzene rings is 1. The van der Waals surface area contributed by atoms with Gasteiger partial charge in [0.2, 0.25) is 3.79 Å². The van der Waals surface area contributed by atoms with Gasteiger partial charge >= 0.3 is 6.03 Å². The van der Waals surface area contributed by atoms with Gasteiger partial charge in [0.05, 0.1) is 0 Å². The van der Waals surface area contributed by atoms with Crippen molar-refractivity contribution in [2.45, 2.75) is 42.4 Å². The van der Waals surface area contributed by atoms with Crippen molar-refractivity contribution in [2.24, 2.45) is 0 Å². The number of aryl methyl sites for hydroxylation is 1. The van der Waals surface area contributed by atoms with Crippen LogP contribution in [-0.2, 0) is 0 Å². The molecule has 0 bridgehead atoms. The molecule has 1 aliphatic heterocycles. The zero-order chi connectivity index (χ0) is 17.0. The van der Waals surface area contributed by atoms with Crippen LogP contribution >= 0.6 is 34.8 Å². The van der Waals surface area contributed by atoms with Crippen molar-refractivity contribution in [3.05, 3.63) is 35.1 Å². The lowest BCUT2D eigenvalue weighted by Crippen LogP contribution is -2.45. The molecule has 128 valence electrons. The Bertz CT molecular complexity index is 555. The Hall–Kier alpha value is -0.710. The predicted octanol–water partition coefficient (Wildman–Crippen LogP) is 5.13. The van der Waals surface area contributed by atoms with Crippen LogP contribution < -0.4 is 5.32 Å². The first-order valence-electron chi connectivity index (χ1n) is 7.67. The molecule has 1 heterocycles. The molecule has 1 aromatic rings. The molecular weight excluding hydrogens is 362 g/mol. The third-order valence-corrected chi connectivity index (χ3v) is 4.67. The average molecular weight is 382 g/mol. The molecule has 3 nitrogen and oxygen atoms in total. The quantitative estimate of drug-likeness (QED) is 0.708. The number of carbonyl (C=O) groups is 1. The van der Waals surface area contributed by atoms with E-state index in [0.717, 1.165) is 25.7 Å². The third-order valence-electron chi connectivity index (χ3n) is 4.02. The zero-order valence-corrected chi connectivity index (χ0v) is 15.2. The number of likely N-dealkylation sites (tertiary alicyclic amines) is 1. The van der Waals surface area contributed by atoms with Crippen LogP contribution in [0.1, 0.15) is 42.9 Å². The van der Waals surface area contributed by atoms with E-state index in [4.69, 9.17) is 34.8 Å². The van der Waals surface area contributed by atoms with Gasteiger partial charge in [-0.25, -0.2) is 9.18 Å². The Morgan fingerprint density at radius 3 is 2.35 bits per heavy atom. The highest BCUT2D eigenvalue weighted by atomic mass is 35.6. The molecule has 0 spiro atoms. The molecule has 23 heavy (non-hydrogen) atoms. The predicted molar refractivity (Wildman–Crippen MR) is 92.7 cm³/mol. The Kier molecular flexibility index (Phi) is 6.40. The molecule has 2 rings (SSSR count). The first-order chi connectivity index (χ1) is 10.8. The summed E-state index contributed by atoms with van der Waals surface area (Å²) >= 11 is 18.0. The number of alkyl halides is 3. The Morgan fingerprint density at radius 2 is 1.83 bits per heavy atom. The van der Waals surface area contributed by atoms with Gasteiger partial charge in [0, 0.05) is 13.1 Å². The van der Waals surface area contributed by atoms with Crippen LogP contribution in [0.25, 0.3) is 0 Å². The van der Waals surface area contributed by atoms with Crippen LogP contribution in [0.4, 0.5) is 9.18 Å². The highest BCUT2D eigenvalue weighted by Gasteiger charge is 2.36. The highest BCUT2D eigenvalue weighted by Crippen LogP contribution is 2.40. The number of amides is 2. The normalized spacial score (nSPS) is 17.5. The van der Waals surface area contributed by atoms with Gasteiger partial charge in [0.25, 0.3) is 0 Å². The van der Waals surface area contributed by atoms with Crippen molar-refractivity contribution in [3.63, 3.8) is 0 Å². The molecule has 0 aliphatic carbocycles. The van der Waals surface area contributed by atoms with Gasteiger partial charge in [-0.05, 0) is 37.0 Å². The van der Waals surface area contributed by atoms with Crippen LogP contribution in [0.3, 0.4) is 0 Å². The number of hydrogen-bond acceptors (Lipinski definition) is 1. The van der Waals surface area contributed by atoms with Crippen molar-refractivity contribution in [1.82, 2.24) is 10.2 Å².